The van der Waals surface area contributed by atoms with Crippen LogP contribution < -0.4 is 11.1 Å². The number of fused-ring (bicyclic) bond motifs is 1. The number of aromatic hydroxyl groups is 1. The van der Waals surface area contributed by atoms with Gasteiger partial charge in [0.2, 0.25) is 0 Å². The van der Waals surface area contributed by atoms with Crippen molar-refractivity contribution >= 4 is 24.1 Å². The Morgan fingerprint density at radius 3 is 2.55 bits per heavy atom. The highest BCUT2D eigenvalue weighted by Crippen LogP contribution is 2.40. The van der Waals surface area contributed by atoms with E-state index in [0.717, 1.165) is 29.5 Å². The predicted octanol–water partition coefficient (Wildman–Crippen LogP) is 4.15. The zero-order valence-electron chi connectivity index (χ0n) is 17.5. The number of phenols is 1. The average molecular weight is 450 g/mol. The first-order chi connectivity index (χ1) is 14.5. The summed E-state index contributed by atoms with van der Waals surface area (Å²) in [6.07, 6.45) is 2.05. The SMILES string of the molecule is Cc1ccc2c(c1O)C[C@@H](C1CCN(C(=O)Nc3ccc(F)cc3)CC1)O[C@H]2CN.Cl. The van der Waals surface area contributed by atoms with Crippen LogP contribution in [0.2, 0.25) is 0 Å². The lowest BCUT2D eigenvalue weighted by molar-refractivity contribution is -0.0624. The fourth-order valence-electron chi connectivity index (χ4n) is 4.49. The van der Waals surface area contributed by atoms with Crippen LogP contribution in [-0.4, -0.2) is 41.8 Å². The summed E-state index contributed by atoms with van der Waals surface area (Å²) in [6.45, 7) is 3.51. The number of likely N-dealkylation sites (tertiary alicyclic amines) is 1. The third kappa shape index (κ3) is 4.95. The molecule has 1 saturated heterocycles. The zero-order valence-corrected chi connectivity index (χ0v) is 18.3. The van der Waals surface area contributed by atoms with Crippen LogP contribution in [0.5, 0.6) is 5.75 Å². The minimum Gasteiger partial charge on any atom is -0.507 e. The van der Waals surface area contributed by atoms with E-state index in [-0.39, 0.29) is 36.5 Å². The monoisotopic (exact) mass is 449 g/mol. The summed E-state index contributed by atoms with van der Waals surface area (Å²) in [5.41, 5.74) is 9.31. The number of nitrogens with one attached hydrogen (secondary N) is 1. The van der Waals surface area contributed by atoms with E-state index in [1.54, 1.807) is 17.0 Å². The predicted molar refractivity (Wildman–Crippen MR) is 120 cm³/mol. The van der Waals surface area contributed by atoms with Crippen molar-refractivity contribution in [2.24, 2.45) is 11.7 Å². The van der Waals surface area contributed by atoms with Crippen LogP contribution in [0.4, 0.5) is 14.9 Å². The number of nitrogens with zero attached hydrogens (tertiary/aromatic N) is 1. The van der Waals surface area contributed by atoms with Gasteiger partial charge in [0.15, 0.2) is 0 Å². The Balaban J connectivity index is 0.00000272. The highest BCUT2D eigenvalue weighted by Gasteiger charge is 2.36. The van der Waals surface area contributed by atoms with Crippen molar-refractivity contribution in [1.29, 1.82) is 0 Å². The summed E-state index contributed by atoms with van der Waals surface area (Å²) < 4.78 is 19.3. The maximum Gasteiger partial charge on any atom is 0.321 e. The Bertz CT molecular complexity index is 917. The van der Waals surface area contributed by atoms with Crippen LogP contribution in [0.3, 0.4) is 0 Å². The van der Waals surface area contributed by atoms with E-state index in [2.05, 4.69) is 5.32 Å². The van der Waals surface area contributed by atoms with Gasteiger partial charge in [-0.15, -0.1) is 12.4 Å². The molecule has 168 valence electrons. The molecule has 0 aliphatic carbocycles. The summed E-state index contributed by atoms with van der Waals surface area (Å²) in [6, 6.07) is 9.47. The van der Waals surface area contributed by atoms with Gasteiger partial charge >= 0.3 is 6.03 Å². The molecule has 2 aliphatic rings. The fraction of sp³-hybridized carbons (Fsp3) is 0.435. The van der Waals surface area contributed by atoms with Crippen LogP contribution in [-0.2, 0) is 11.2 Å². The molecule has 2 amide bonds. The van der Waals surface area contributed by atoms with Crippen molar-refractivity contribution in [2.75, 3.05) is 25.0 Å². The first kappa shape index (κ1) is 23.3. The third-order valence-electron chi connectivity index (χ3n) is 6.27. The average Bonchev–Trinajstić information content (AvgIpc) is 2.77. The molecule has 2 heterocycles. The Hall–Kier alpha value is -2.35. The van der Waals surface area contributed by atoms with E-state index < -0.39 is 0 Å². The smallest absolute Gasteiger partial charge is 0.321 e. The van der Waals surface area contributed by atoms with Gasteiger partial charge < -0.3 is 25.8 Å². The summed E-state index contributed by atoms with van der Waals surface area (Å²) >= 11 is 0. The number of hydrogen-bond donors (Lipinski definition) is 3. The third-order valence-corrected chi connectivity index (χ3v) is 6.27. The van der Waals surface area contributed by atoms with Crippen molar-refractivity contribution in [1.82, 2.24) is 4.90 Å². The molecule has 8 heteroatoms. The summed E-state index contributed by atoms with van der Waals surface area (Å²) in [7, 11) is 0. The van der Waals surface area contributed by atoms with Gasteiger partial charge in [-0.1, -0.05) is 12.1 Å². The van der Waals surface area contributed by atoms with Gasteiger partial charge in [-0.2, -0.15) is 0 Å². The van der Waals surface area contributed by atoms with Crippen molar-refractivity contribution < 1.29 is 19.0 Å². The molecule has 0 aromatic heterocycles. The van der Waals surface area contributed by atoms with Gasteiger partial charge in [0, 0.05) is 37.3 Å². The van der Waals surface area contributed by atoms with Gasteiger partial charge in [-0.3, -0.25) is 0 Å². The van der Waals surface area contributed by atoms with E-state index in [0.29, 0.717) is 43.4 Å². The second-order valence-corrected chi connectivity index (χ2v) is 8.16. The van der Waals surface area contributed by atoms with E-state index in [4.69, 9.17) is 10.5 Å². The number of amides is 2. The fourth-order valence-corrected chi connectivity index (χ4v) is 4.49. The molecule has 31 heavy (non-hydrogen) atoms. The standard InChI is InChI=1S/C23H28FN3O3.ClH/c1-14-2-7-18-19(22(14)28)12-20(30-21(18)13-25)15-8-10-27(11-9-15)23(29)26-17-5-3-16(24)4-6-17;/h2-7,15,20-21,28H,8-13,25H2,1H3,(H,26,29);1H/t20-,21-;/m0./s1. The number of urea groups is 1. The minimum absolute atomic E-state index is 0. The molecule has 0 spiro atoms. The maximum atomic E-state index is 13.0. The lowest BCUT2D eigenvalue weighted by Gasteiger charge is -2.40. The molecule has 2 aromatic carbocycles. The van der Waals surface area contributed by atoms with Crippen LogP contribution >= 0.6 is 12.4 Å². The lowest BCUT2D eigenvalue weighted by atomic mass is 9.83. The Morgan fingerprint density at radius 2 is 1.90 bits per heavy atom. The van der Waals surface area contributed by atoms with Crippen molar-refractivity contribution in [3.8, 4) is 5.75 Å². The van der Waals surface area contributed by atoms with Gasteiger partial charge in [-0.25, -0.2) is 9.18 Å². The van der Waals surface area contributed by atoms with Crippen molar-refractivity contribution in [3.63, 3.8) is 0 Å². The van der Waals surface area contributed by atoms with E-state index >= 15 is 0 Å². The molecule has 2 aliphatic heterocycles. The Morgan fingerprint density at radius 1 is 1.23 bits per heavy atom. The van der Waals surface area contributed by atoms with E-state index in [1.807, 2.05) is 19.1 Å². The Labute approximate surface area is 188 Å². The first-order valence-electron chi connectivity index (χ1n) is 10.4. The summed E-state index contributed by atoms with van der Waals surface area (Å²) in [4.78, 5) is 14.3. The molecule has 6 nitrogen and oxygen atoms in total. The number of ether oxygens (including phenoxy) is 1. The number of carbonyl (C=O) groups is 1. The topological polar surface area (TPSA) is 87.8 Å². The second kappa shape index (κ2) is 9.85. The number of halogens is 2. The molecule has 2 atom stereocenters. The quantitative estimate of drug-likeness (QED) is 0.657. The minimum atomic E-state index is -0.333. The number of phenolic OH excluding ortho intramolecular Hbond substituents is 1. The largest absolute Gasteiger partial charge is 0.507 e. The first-order valence-corrected chi connectivity index (χ1v) is 10.4. The second-order valence-electron chi connectivity index (χ2n) is 8.16. The number of piperidine rings is 1. The Kier molecular flexibility index (Phi) is 7.41. The molecule has 2 aromatic rings. The molecular formula is C23H29ClFN3O3. The molecule has 0 unspecified atom stereocenters. The molecule has 4 rings (SSSR count). The van der Waals surface area contributed by atoms with Gasteiger partial charge in [0.1, 0.15) is 11.6 Å². The van der Waals surface area contributed by atoms with Crippen molar-refractivity contribution in [3.05, 3.63) is 58.9 Å². The van der Waals surface area contributed by atoms with Gasteiger partial charge in [0.25, 0.3) is 0 Å². The number of aryl methyl sites for hydroxylation is 1. The van der Waals surface area contributed by atoms with Crippen LogP contribution in [0.15, 0.2) is 36.4 Å². The molecule has 1 fully saturated rings. The highest BCUT2D eigenvalue weighted by molar-refractivity contribution is 5.89. The summed E-state index contributed by atoms with van der Waals surface area (Å²) in [5.74, 6) is 0.303. The number of hydrogen-bond acceptors (Lipinski definition) is 4. The molecule has 0 saturated carbocycles. The summed E-state index contributed by atoms with van der Waals surface area (Å²) in [5, 5.41) is 13.4. The van der Waals surface area contributed by atoms with Crippen LogP contribution in [0, 0.1) is 18.7 Å². The van der Waals surface area contributed by atoms with Gasteiger partial charge in [0.05, 0.1) is 12.2 Å². The number of benzene rings is 2. The van der Waals surface area contributed by atoms with E-state index in [1.165, 1.54) is 12.1 Å². The number of nitrogens with two attached hydrogens (primary N) is 1. The zero-order chi connectivity index (χ0) is 21.3. The van der Waals surface area contributed by atoms with E-state index in [9.17, 15) is 14.3 Å². The number of anilines is 1. The molecular weight excluding hydrogens is 421 g/mol. The normalized spacial score (nSPS) is 21.2. The maximum absolute atomic E-state index is 13.0. The number of rotatable bonds is 3. The van der Waals surface area contributed by atoms with Crippen LogP contribution in [0.1, 0.15) is 35.6 Å². The van der Waals surface area contributed by atoms with Gasteiger partial charge in [-0.05, 0) is 61.1 Å². The van der Waals surface area contributed by atoms with Crippen LogP contribution in [0.25, 0.3) is 0 Å². The highest BCUT2D eigenvalue weighted by atomic mass is 35.5. The molecule has 0 bridgehead atoms. The van der Waals surface area contributed by atoms with Crippen molar-refractivity contribution in [2.45, 2.75) is 38.4 Å². The lowest BCUT2D eigenvalue weighted by Crippen LogP contribution is -2.45. The molecule has 0 radical (unpaired) electrons. The molecule has 4 N–H and O–H groups in total. The number of carbonyl (C=O) groups excluding carboxylic acids is 1.